The smallest absolute Gasteiger partial charge is 0.00490 e. The number of hydrogen-bond donors (Lipinski definition) is 0. The molecule has 1 rings (SSSR count). The zero-order valence-electron chi connectivity index (χ0n) is 10.4. The second kappa shape index (κ2) is 7.05. The molecule has 0 aromatic carbocycles. The average molecular weight is 224 g/mol. The fourth-order valence-corrected chi connectivity index (χ4v) is 3.03. The SMILES string of the molecule is CCCCCCc1c(CCC)csc1C. The van der Waals surface area contributed by atoms with Crippen LogP contribution in [0.1, 0.15) is 62.0 Å². The Morgan fingerprint density at radius 3 is 2.47 bits per heavy atom. The van der Waals surface area contributed by atoms with Gasteiger partial charge in [-0.3, -0.25) is 0 Å². The summed E-state index contributed by atoms with van der Waals surface area (Å²) in [7, 11) is 0. The lowest BCUT2D eigenvalue weighted by Crippen LogP contribution is -1.92. The van der Waals surface area contributed by atoms with Crippen LogP contribution in [0.15, 0.2) is 5.38 Å². The number of rotatable bonds is 7. The van der Waals surface area contributed by atoms with Crippen molar-refractivity contribution in [2.24, 2.45) is 0 Å². The summed E-state index contributed by atoms with van der Waals surface area (Å²) in [5, 5.41) is 2.37. The topological polar surface area (TPSA) is 0 Å². The first-order valence-electron chi connectivity index (χ1n) is 6.35. The molecular weight excluding hydrogens is 200 g/mol. The van der Waals surface area contributed by atoms with Crippen LogP contribution in [0.3, 0.4) is 0 Å². The third kappa shape index (κ3) is 3.98. The molecule has 0 saturated heterocycles. The van der Waals surface area contributed by atoms with Crippen LogP contribution >= 0.6 is 11.3 Å². The summed E-state index contributed by atoms with van der Waals surface area (Å²) in [5.74, 6) is 0. The van der Waals surface area contributed by atoms with Gasteiger partial charge < -0.3 is 0 Å². The van der Waals surface area contributed by atoms with Crippen molar-refractivity contribution in [3.05, 3.63) is 21.4 Å². The first-order valence-corrected chi connectivity index (χ1v) is 7.23. The predicted octanol–water partition coefficient (Wildman–Crippen LogP) is 5.13. The maximum Gasteiger partial charge on any atom is 0.00490 e. The minimum absolute atomic E-state index is 1.27. The monoisotopic (exact) mass is 224 g/mol. The first-order chi connectivity index (χ1) is 7.29. The van der Waals surface area contributed by atoms with Gasteiger partial charge in [-0.2, -0.15) is 0 Å². The van der Waals surface area contributed by atoms with Crippen LogP contribution in [0.5, 0.6) is 0 Å². The molecule has 0 N–H and O–H groups in total. The Morgan fingerprint density at radius 1 is 1.00 bits per heavy atom. The molecule has 1 heteroatoms. The molecule has 0 atom stereocenters. The summed E-state index contributed by atoms with van der Waals surface area (Å²) in [5.41, 5.74) is 3.29. The number of aryl methyl sites for hydroxylation is 2. The quantitative estimate of drug-likeness (QED) is 0.563. The fraction of sp³-hybridized carbons (Fsp3) is 0.714. The third-order valence-corrected chi connectivity index (χ3v) is 3.99. The van der Waals surface area contributed by atoms with Crippen molar-refractivity contribution in [2.75, 3.05) is 0 Å². The summed E-state index contributed by atoms with van der Waals surface area (Å²) < 4.78 is 0. The van der Waals surface area contributed by atoms with Gasteiger partial charge in [0, 0.05) is 4.88 Å². The molecule has 0 radical (unpaired) electrons. The molecule has 86 valence electrons. The lowest BCUT2D eigenvalue weighted by Gasteiger charge is -2.04. The number of hydrogen-bond acceptors (Lipinski definition) is 1. The van der Waals surface area contributed by atoms with Gasteiger partial charge >= 0.3 is 0 Å². The Hall–Kier alpha value is -0.300. The molecule has 0 aliphatic heterocycles. The van der Waals surface area contributed by atoms with Crippen molar-refractivity contribution in [3.8, 4) is 0 Å². The van der Waals surface area contributed by atoms with E-state index < -0.39 is 0 Å². The van der Waals surface area contributed by atoms with E-state index in [4.69, 9.17) is 0 Å². The summed E-state index contributed by atoms with van der Waals surface area (Å²) in [6.45, 7) is 6.82. The van der Waals surface area contributed by atoms with E-state index in [0.29, 0.717) is 0 Å². The number of thiophene rings is 1. The van der Waals surface area contributed by atoms with Crippen LogP contribution < -0.4 is 0 Å². The van der Waals surface area contributed by atoms with Crippen molar-refractivity contribution in [1.82, 2.24) is 0 Å². The van der Waals surface area contributed by atoms with Gasteiger partial charge in [-0.05, 0) is 42.7 Å². The minimum atomic E-state index is 1.27. The van der Waals surface area contributed by atoms with Crippen LogP contribution in [0.25, 0.3) is 0 Å². The normalized spacial score (nSPS) is 10.9. The fourth-order valence-electron chi connectivity index (χ4n) is 2.07. The highest BCUT2D eigenvalue weighted by atomic mass is 32.1. The van der Waals surface area contributed by atoms with E-state index in [1.165, 1.54) is 44.9 Å². The van der Waals surface area contributed by atoms with Crippen molar-refractivity contribution in [2.45, 2.75) is 65.7 Å². The summed E-state index contributed by atoms with van der Waals surface area (Å²) in [6.07, 6.45) is 9.37. The Balaban J connectivity index is 2.46. The van der Waals surface area contributed by atoms with E-state index in [2.05, 4.69) is 26.2 Å². The second-order valence-electron chi connectivity index (χ2n) is 4.36. The largest absolute Gasteiger partial charge is 0.149 e. The molecule has 0 aliphatic carbocycles. The molecule has 0 aliphatic rings. The highest BCUT2D eigenvalue weighted by Gasteiger charge is 2.07. The third-order valence-electron chi connectivity index (χ3n) is 2.99. The minimum Gasteiger partial charge on any atom is -0.149 e. The van der Waals surface area contributed by atoms with Gasteiger partial charge in [0.25, 0.3) is 0 Å². The van der Waals surface area contributed by atoms with Crippen LogP contribution in [-0.4, -0.2) is 0 Å². The molecule has 1 aromatic rings. The molecule has 1 aromatic heterocycles. The van der Waals surface area contributed by atoms with Gasteiger partial charge in [0.05, 0.1) is 0 Å². The van der Waals surface area contributed by atoms with E-state index in [1.807, 2.05) is 11.3 Å². The van der Waals surface area contributed by atoms with E-state index >= 15 is 0 Å². The molecule has 0 spiro atoms. The molecule has 15 heavy (non-hydrogen) atoms. The van der Waals surface area contributed by atoms with Crippen molar-refractivity contribution in [3.63, 3.8) is 0 Å². The molecular formula is C14H24S. The van der Waals surface area contributed by atoms with E-state index in [-0.39, 0.29) is 0 Å². The first kappa shape index (κ1) is 12.8. The van der Waals surface area contributed by atoms with Gasteiger partial charge in [-0.25, -0.2) is 0 Å². The van der Waals surface area contributed by atoms with Crippen molar-refractivity contribution >= 4 is 11.3 Å². The standard InChI is InChI=1S/C14H24S/c1-4-6-7-8-10-14-12(3)15-11-13(14)9-5-2/h11H,4-10H2,1-3H3. The van der Waals surface area contributed by atoms with Gasteiger partial charge in [0.2, 0.25) is 0 Å². The van der Waals surface area contributed by atoms with Gasteiger partial charge in [0.15, 0.2) is 0 Å². The summed E-state index contributed by atoms with van der Waals surface area (Å²) in [4.78, 5) is 1.55. The predicted molar refractivity (Wildman–Crippen MR) is 70.9 cm³/mol. The Bertz CT molecular complexity index is 273. The lowest BCUT2D eigenvalue weighted by atomic mass is 10.0. The molecule has 0 unspecified atom stereocenters. The molecule has 0 amide bonds. The average Bonchev–Trinajstić information content (AvgIpc) is 2.56. The zero-order valence-corrected chi connectivity index (χ0v) is 11.3. The molecule has 0 nitrogen and oxygen atoms in total. The van der Waals surface area contributed by atoms with E-state index in [1.54, 1.807) is 16.0 Å². The molecule has 0 fully saturated rings. The van der Waals surface area contributed by atoms with E-state index in [0.717, 1.165) is 0 Å². The zero-order chi connectivity index (χ0) is 11.1. The lowest BCUT2D eigenvalue weighted by molar-refractivity contribution is 0.664. The maximum atomic E-state index is 2.37. The van der Waals surface area contributed by atoms with Gasteiger partial charge in [-0.1, -0.05) is 39.5 Å². The maximum absolute atomic E-state index is 2.37. The Kier molecular flexibility index (Phi) is 6.00. The van der Waals surface area contributed by atoms with Crippen LogP contribution in [0, 0.1) is 6.92 Å². The molecule has 0 saturated carbocycles. The highest BCUT2D eigenvalue weighted by Crippen LogP contribution is 2.25. The Labute approximate surface area is 98.7 Å². The van der Waals surface area contributed by atoms with Crippen molar-refractivity contribution < 1.29 is 0 Å². The Morgan fingerprint density at radius 2 is 1.80 bits per heavy atom. The highest BCUT2D eigenvalue weighted by molar-refractivity contribution is 7.10. The number of unbranched alkanes of at least 4 members (excludes halogenated alkanes) is 3. The van der Waals surface area contributed by atoms with E-state index in [9.17, 15) is 0 Å². The molecule has 1 heterocycles. The van der Waals surface area contributed by atoms with Crippen molar-refractivity contribution in [1.29, 1.82) is 0 Å². The summed E-state index contributed by atoms with van der Waals surface area (Å²) in [6, 6.07) is 0. The van der Waals surface area contributed by atoms with Gasteiger partial charge in [0.1, 0.15) is 0 Å². The van der Waals surface area contributed by atoms with Gasteiger partial charge in [-0.15, -0.1) is 11.3 Å². The second-order valence-corrected chi connectivity index (χ2v) is 5.44. The summed E-state index contributed by atoms with van der Waals surface area (Å²) >= 11 is 1.93. The molecule has 0 bridgehead atoms. The van der Waals surface area contributed by atoms with Crippen LogP contribution in [0.2, 0.25) is 0 Å². The van der Waals surface area contributed by atoms with Crippen LogP contribution in [-0.2, 0) is 12.8 Å². The van der Waals surface area contributed by atoms with Crippen LogP contribution in [0.4, 0.5) is 0 Å².